The molecule has 1 aromatic heterocycles. The minimum Gasteiger partial charge on any atom is -0.457 e. The van der Waals surface area contributed by atoms with Crippen LogP contribution in [-0.4, -0.2) is 23.1 Å². The number of benzene rings is 1. The fourth-order valence-corrected chi connectivity index (χ4v) is 3.00. The molecule has 2 amide bonds. The molecule has 0 radical (unpaired) electrons. The van der Waals surface area contributed by atoms with Crippen molar-refractivity contribution in [1.82, 2.24) is 4.90 Å². The Labute approximate surface area is 138 Å². The predicted octanol–water partition coefficient (Wildman–Crippen LogP) is 4.63. The van der Waals surface area contributed by atoms with Gasteiger partial charge in [-0.2, -0.15) is 13.2 Å². The maximum atomic E-state index is 13.1. The van der Waals surface area contributed by atoms with Crippen molar-refractivity contribution in [2.24, 2.45) is 0 Å². The first-order valence-electron chi connectivity index (χ1n) is 6.75. The summed E-state index contributed by atoms with van der Waals surface area (Å²) in [4.78, 5) is 24.4. The van der Waals surface area contributed by atoms with Crippen molar-refractivity contribution >= 4 is 29.0 Å². The summed E-state index contributed by atoms with van der Waals surface area (Å²) in [6.07, 6.45) is -3.16. The maximum absolute atomic E-state index is 13.1. The van der Waals surface area contributed by atoms with Crippen LogP contribution in [0.25, 0.3) is 17.4 Å². The number of halogens is 3. The molecule has 1 aliphatic rings. The highest BCUT2D eigenvalue weighted by Gasteiger charge is 2.34. The molecule has 24 heavy (non-hydrogen) atoms. The highest BCUT2D eigenvalue weighted by atomic mass is 32.2. The van der Waals surface area contributed by atoms with E-state index in [2.05, 4.69) is 0 Å². The Kier molecular flexibility index (Phi) is 4.00. The van der Waals surface area contributed by atoms with E-state index in [1.165, 1.54) is 43.5 Å². The largest absolute Gasteiger partial charge is 0.457 e. The molecule has 0 N–H and O–H groups in total. The van der Waals surface area contributed by atoms with Crippen LogP contribution in [0.5, 0.6) is 0 Å². The lowest BCUT2D eigenvalue weighted by molar-refractivity contribution is -0.137. The molecule has 0 aliphatic carbocycles. The monoisotopic (exact) mass is 353 g/mol. The van der Waals surface area contributed by atoms with Gasteiger partial charge in [-0.05, 0) is 30.0 Å². The molecule has 0 spiro atoms. The van der Waals surface area contributed by atoms with Crippen molar-refractivity contribution in [3.8, 4) is 11.3 Å². The van der Waals surface area contributed by atoms with E-state index in [0.717, 1.165) is 22.7 Å². The molecule has 3 rings (SSSR count). The number of thioether (sulfide) groups is 1. The highest BCUT2D eigenvalue weighted by molar-refractivity contribution is 8.18. The number of furan rings is 1. The zero-order chi connectivity index (χ0) is 17.5. The van der Waals surface area contributed by atoms with E-state index in [0.29, 0.717) is 0 Å². The Hall–Kier alpha value is -2.48. The molecule has 1 aliphatic heterocycles. The Morgan fingerprint density at radius 2 is 1.83 bits per heavy atom. The third-order valence-electron chi connectivity index (χ3n) is 3.38. The predicted molar refractivity (Wildman–Crippen MR) is 82.9 cm³/mol. The van der Waals surface area contributed by atoms with Crippen LogP contribution >= 0.6 is 11.8 Å². The van der Waals surface area contributed by atoms with Crippen LogP contribution in [0.3, 0.4) is 0 Å². The van der Waals surface area contributed by atoms with Crippen molar-refractivity contribution in [1.29, 1.82) is 0 Å². The van der Waals surface area contributed by atoms with Crippen molar-refractivity contribution in [2.75, 3.05) is 7.05 Å². The second-order valence-corrected chi connectivity index (χ2v) is 5.98. The number of hydrogen-bond acceptors (Lipinski definition) is 4. The first kappa shape index (κ1) is 16.4. The zero-order valence-electron chi connectivity index (χ0n) is 12.3. The Morgan fingerprint density at radius 1 is 1.12 bits per heavy atom. The Bertz CT molecular complexity index is 854. The molecule has 8 heteroatoms. The first-order valence-corrected chi connectivity index (χ1v) is 7.57. The van der Waals surface area contributed by atoms with Crippen LogP contribution in [-0.2, 0) is 11.0 Å². The number of carbonyl (C=O) groups is 2. The van der Waals surface area contributed by atoms with Gasteiger partial charge in [-0.25, -0.2) is 0 Å². The van der Waals surface area contributed by atoms with Crippen LogP contribution in [0.1, 0.15) is 11.3 Å². The van der Waals surface area contributed by atoms with Crippen molar-refractivity contribution in [3.05, 3.63) is 52.6 Å². The van der Waals surface area contributed by atoms with E-state index >= 15 is 0 Å². The maximum Gasteiger partial charge on any atom is 0.417 e. The summed E-state index contributed by atoms with van der Waals surface area (Å²) in [6, 6.07) is 7.91. The molecule has 0 atom stereocenters. The van der Waals surface area contributed by atoms with E-state index in [1.54, 1.807) is 0 Å². The molecule has 0 bridgehead atoms. The van der Waals surface area contributed by atoms with E-state index in [9.17, 15) is 22.8 Å². The second-order valence-electron chi connectivity index (χ2n) is 4.99. The number of rotatable bonds is 2. The molecular formula is C16H10F3NO3S. The molecular weight excluding hydrogens is 343 g/mol. The summed E-state index contributed by atoms with van der Waals surface area (Å²) in [7, 11) is 1.35. The molecule has 0 unspecified atom stereocenters. The summed E-state index contributed by atoms with van der Waals surface area (Å²) < 4.78 is 44.6. The van der Waals surface area contributed by atoms with E-state index < -0.39 is 22.9 Å². The minimum atomic E-state index is -4.51. The van der Waals surface area contributed by atoms with Gasteiger partial charge in [0, 0.05) is 18.7 Å². The molecule has 1 aromatic carbocycles. The van der Waals surface area contributed by atoms with Gasteiger partial charge < -0.3 is 4.42 Å². The van der Waals surface area contributed by atoms with Gasteiger partial charge in [-0.15, -0.1) is 0 Å². The first-order chi connectivity index (χ1) is 11.3. The lowest BCUT2D eigenvalue weighted by Gasteiger charge is -2.10. The lowest BCUT2D eigenvalue weighted by Crippen LogP contribution is -2.22. The SMILES string of the molecule is CN1C(=O)S/C(=C/c2ccc(-c3ccccc3C(F)(F)F)o2)C1=O. The van der Waals surface area contributed by atoms with Gasteiger partial charge >= 0.3 is 6.18 Å². The topological polar surface area (TPSA) is 50.5 Å². The molecule has 0 saturated carbocycles. The van der Waals surface area contributed by atoms with Gasteiger partial charge in [-0.3, -0.25) is 14.5 Å². The van der Waals surface area contributed by atoms with Gasteiger partial charge in [0.1, 0.15) is 11.5 Å². The fraction of sp³-hybridized carbons (Fsp3) is 0.125. The van der Waals surface area contributed by atoms with Gasteiger partial charge in [0.15, 0.2) is 0 Å². The smallest absolute Gasteiger partial charge is 0.417 e. The number of nitrogens with zero attached hydrogens (tertiary/aromatic N) is 1. The van der Waals surface area contributed by atoms with E-state index in [1.807, 2.05) is 0 Å². The van der Waals surface area contributed by atoms with Crippen LogP contribution < -0.4 is 0 Å². The third-order valence-corrected chi connectivity index (χ3v) is 4.35. The number of likely N-dealkylation sites (N-methyl/N-ethyl adjacent to an activating group) is 1. The van der Waals surface area contributed by atoms with Gasteiger partial charge in [0.2, 0.25) is 0 Å². The molecule has 4 nitrogen and oxygen atoms in total. The van der Waals surface area contributed by atoms with E-state index in [4.69, 9.17) is 4.42 Å². The highest BCUT2D eigenvalue weighted by Crippen LogP contribution is 2.38. The Balaban J connectivity index is 1.96. The van der Waals surface area contributed by atoms with Crippen LogP contribution in [0.4, 0.5) is 18.0 Å². The zero-order valence-corrected chi connectivity index (χ0v) is 13.1. The average Bonchev–Trinajstić information content (AvgIpc) is 3.08. The number of amides is 2. The van der Waals surface area contributed by atoms with Gasteiger partial charge in [0.05, 0.1) is 10.5 Å². The van der Waals surface area contributed by atoms with Crippen molar-refractivity contribution < 1.29 is 27.2 Å². The summed E-state index contributed by atoms with van der Waals surface area (Å²) in [5, 5.41) is -0.416. The van der Waals surface area contributed by atoms with Crippen LogP contribution in [0.2, 0.25) is 0 Å². The van der Waals surface area contributed by atoms with Crippen molar-refractivity contribution in [3.63, 3.8) is 0 Å². The number of imide groups is 1. The van der Waals surface area contributed by atoms with Gasteiger partial charge in [-0.1, -0.05) is 18.2 Å². The lowest BCUT2D eigenvalue weighted by atomic mass is 10.1. The molecule has 1 saturated heterocycles. The fourth-order valence-electron chi connectivity index (χ4n) is 2.20. The quantitative estimate of drug-likeness (QED) is 0.739. The standard InChI is InChI=1S/C16H10F3NO3S/c1-20-14(21)13(24-15(20)22)8-9-6-7-12(23-9)10-4-2-3-5-11(10)16(17,18)19/h2-8H,1H3/b13-8+. The number of carbonyl (C=O) groups excluding carboxylic acids is 2. The Morgan fingerprint density at radius 3 is 2.46 bits per heavy atom. The van der Waals surface area contributed by atoms with Crippen molar-refractivity contribution in [2.45, 2.75) is 6.18 Å². The van der Waals surface area contributed by atoms with Gasteiger partial charge in [0.25, 0.3) is 11.1 Å². The summed E-state index contributed by atoms with van der Waals surface area (Å²) in [5.41, 5.74) is -0.895. The normalized spacial score (nSPS) is 17.2. The summed E-state index contributed by atoms with van der Waals surface area (Å²) in [5.74, 6) is -0.246. The average molecular weight is 353 g/mol. The summed E-state index contributed by atoms with van der Waals surface area (Å²) >= 11 is 0.748. The minimum absolute atomic E-state index is 0.0323. The van der Waals surface area contributed by atoms with Crippen LogP contribution in [0.15, 0.2) is 45.7 Å². The third kappa shape index (κ3) is 2.96. The summed E-state index contributed by atoms with van der Waals surface area (Å²) in [6.45, 7) is 0. The molecule has 2 aromatic rings. The van der Waals surface area contributed by atoms with Crippen LogP contribution in [0, 0.1) is 0 Å². The second kappa shape index (κ2) is 5.86. The number of hydrogen-bond donors (Lipinski definition) is 0. The molecule has 2 heterocycles. The van der Waals surface area contributed by atoms with E-state index in [-0.39, 0.29) is 22.0 Å². The molecule has 124 valence electrons. The number of alkyl halides is 3. The molecule has 1 fully saturated rings.